The number of likely N-dealkylation sites (tertiary alicyclic amines) is 2. The molecule has 3 aromatic heterocycles. The zero-order valence-electron chi connectivity index (χ0n) is 41.8. The van der Waals surface area contributed by atoms with Crippen molar-refractivity contribution in [3.8, 4) is 50.8 Å². The van der Waals surface area contributed by atoms with E-state index < -0.39 is 36.4 Å². The van der Waals surface area contributed by atoms with Gasteiger partial charge < -0.3 is 44.6 Å². The van der Waals surface area contributed by atoms with Gasteiger partial charge in [0.2, 0.25) is 17.7 Å². The number of carbonyl (C=O) groups excluding carboxylic acids is 4. The van der Waals surface area contributed by atoms with Crippen LogP contribution in [0.25, 0.3) is 55.7 Å². The molecule has 5 atom stereocenters. The van der Waals surface area contributed by atoms with E-state index in [2.05, 4.69) is 91.2 Å². The Morgan fingerprint density at radius 3 is 1.77 bits per heavy atom. The number of rotatable bonds is 14. The highest BCUT2D eigenvalue weighted by Crippen LogP contribution is 2.58. The number of hydrogen-bond donors (Lipinski definition) is 4. The van der Waals surface area contributed by atoms with Crippen molar-refractivity contribution in [1.82, 2.24) is 50.3 Å². The standard InChI is InChI=1S/C56H60N10O7/c1-32(2)48(63-54(69)71-5)52(67)65-30-41(73-47-29-57-42(26-58-47)35-10-8-7-9-11-35)24-45(65)50-59-27-43(61-50)36-14-12-34(13-15-36)37-16-17-39-23-40(19-18-38(39)22-37)44-28-60-51(62-44)46-25-56(20-21-56)31-66(46)53(68)49(33(3)4)64-55(70)72-6/h7-19,22-23,26-29,32-33,41,45-46,48-49H,20-21,24-25,30-31H2,1-6H3,(H,59,61)(H,60,62)(H,63,69)(H,64,70)/t41-,45-,46-,48-,49-/m0/s1. The number of fused-ring (bicyclic) bond motifs is 1. The molecule has 1 saturated carbocycles. The van der Waals surface area contributed by atoms with Gasteiger partial charge in [-0.1, -0.05) is 107 Å². The summed E-state index contributed by atoms with van der Waals surface area (Å²) >= 11 is 0. The molecule has 4 amide bonds. The molecule has 7 aromatic rings. The van der Waals surface area contributed by atoms with Crippen LogP contribution in [-0.2, 0) is 19.1 Å². The summed E-state index contributed by atoms with van der Waals surface area (Å²) in [5.41, 5.74) is 7.44. The number of imidazole rings is 2. The molecule has 3 aliphatic rings. The van der Waals surface area contributed by atoms with Crippen molar-refractivity contribution in [3.63, 3.8) is 0 Å². The van der Waals surface area contributed by atoms with Crippen molar-refractivity contribution in [2.45, 2.75) is 83.6 Å². The van der Waals surface area contributed by atoms with Crippen LogP contribution in [0.2, 0.25) is 0 Å². The predicted molar refractivity (Wildman–Crippen MR) is 275 cm³/mol. The number of nitrogens with zero attached hydrogens (tertiary/aromatic N) is 6. The van der Waals surface area contributed by atoms with E-state index in [0.29, 0.717) is 24.7 Å². The topological polar surface area (TPSA) is 210 Å². The van der Waals surface area contributed by atoms with Gasteiger partial charge in [0.05, 0.1) is 74.7 Å². The maximum atomic E-state index is 14.3. The van der Waals surface area contributed by atoms with E-state index in [9.17, 15) is 19.2 Å². The number of hydrogen-bond acceptors (Lipinski definition) is 11. The van der Waals surface area contributed by atoms with Crippen molar-refractivity contribution in [2.24, 2.45) is 17.3 Å². The number of aromatic nitrogens is 6. The van der Waals surface area contributed by atoms with Crippen LogP contribution in [0.1, 0.15) is 77.1 Å². The lowest BCUT2D eigenvalue weighted by Crippen LogP contribution is -2.51. The van der Waals surface area contributed by atoms with Gasteiger partial charge >= 0.3 is 12.2 Å². The zero-order valence-corrected chi connectivity index (χ0v) is 41.8. The Balaban J connectivity index is 0.835. The number of methoxy groups -OCH3 is 2. The van der Waals surface area contributed by atoms with Gasteiger partial charge in [-0.15, -0.1) is 0 Å². The van der Waals surface area contributed by atoms with E-state index in [1.165, 1.54) is 14.2 Å². The van der Waals surface area contributed by atoms with Crippen LogP contribution in [0.3, 0.4) is 0 Å². The molecular formula is C56H60N10O7. The van der Waals surface area contributed by atoms with Crippen molar-refractivity contribution in [1.29, 1.82) is 0 Å². The van der Waals surface area contributed by atoms with Crippen molar-refractivity contribution >= 4 is 34.8 Å². The number of aromatic amines is 2. The summed E-state index contributed by atoms with van der Waals surface area (Å²) in [7, 11) is 2.58. The molecule has 2 saturated heterocycles. The smallest absolute Gasteiger partial charge is 0.407 e. The Kier molecular flexibility index (Phi) is 13.4. The molecule has 17 heteroatoms. The van der Waals surface area contributed by atoms with Gasteiger partial charge in [0.1, 0.15) is 29.8 Å². The Bertz CT molecular complexity index is 3130. The van der Waals surface area contributed by atoms with Crippen LogP contribution in [0.4, 0.5) is 9.59 Å². The third-order valence-electron chi connectivity index (χ3n) is 14.6. The largest absolute Gasteiger partial charge is 0.471 e. The zero-order chi connectivity index (χ0) is 51.0. The van der Waals surface area contributed by atoms with Crippen LogP contribution in [0.15, 0.2) is 116 Å². The number of ether oxygens (including phenoxy) is 3. The lowest BCUT2D eigenvalue weighted by atomic mass is 9.98. The van der Waals surface area contributed by atoms with Gasteiger partial charge in [-0.2, -0.15) is 0 Å². The summed E-state index contributed by atoms with van der Waals surface area (Å²) in [5, 5.41) is 7.64. The average Bonchev–Trinajstić information content (AvgIpc) is 3.90. The monoisotopic (exact) mass is 984 g/mol. The number of H-pyrrole nitrogens is 2. The van der Waals surface area contributed by atoms with E-state index >= 15 is 0 Å². The van der Waals surface area contributed by atoms with E-state index in [-0.39, 0.29) is 41.7 Å². The van der Waals surface area contributed by atoms with Gasteiger partial charge in [-0.25, -0.2) is 29.5 Å². The minimum absolute atomic E-state index is 0.103. The number of nitrogens with one attached hydrogen (secondary N) is 4. The molecule has 2 aliphatic heterocycles. The number of carbonyl (C=O) groups is 4. The molecule has 1 aliphatic carbocycles. The highest BCUT2D eigenvalue weighted by molar-refractivity contribution is 5.91. The van der Waals surface area contributed by atoms with E-state index in [1.54, 1.807) is 23.5 Å². The SMILES string of the molecule is COC(=O)N[C@H](C(=O)N1C[C@@H](Oc2cnc(-c3ccccc3)cn2)C[C@H]1c1ncc(-c2ccc(-c3ccc4cc(-c5cnc([C@@H]6CC7(CC7)CN6C(=O)[C@@H](NC(=O)OC)C(C)C)[nH]5)ccc4c3)cc2)[nH]1)C(C)C. The summed E-state index contributed by atoms with van der Waals surface area (Å²) in [5.74, 6) is 0.947. The van der Waals surface area contributed by atoms with Gasteiger partial charge in [0.25, 0.3) is 0 Å². The summed E-state index contributed by atoms with van der Waals surface area (Å²) in [6, 6.07) is 28.6. The molecule has 5 heterocycles. The van der Waals surface area contributed by atoms with Crippen LogP contribution in [-0.4, -0.2) is 109 Å². The first-order chi connectivity index (χ1) is 35.3. The normalized spacial score (nSPS) is 18.8. The second-order valence-electron chi connectivity index (χ2n) is 20.2. The summed E-state index contributed by atoms with van der Waals surface area (Å²) < 4.78 is 16.1. The molecule has 10 rings (SSSR count). The maximum absolute atomic E-state index is 14.3. The maximum Gasteiger partial charge on any atom is 0.407 e. The van der Waals surface area contributed by atoms with Crippen LogP contribution >= 0.6 is 0 Å². The second-order valence-corrected chi connectivity index (χ2v) is 20.2. The molecule has 4 aromatic carbocycles. The van der Waals surface area contributed by atoms with Crippen LogP contribution in [0, 0.1) is 17.3 Å². The Morgan fingerprint density at radius 2 is 1.18 bits per heavy atom. The van der Waals surface area contributed by atoms with Crippen LogP contribution in [0.5, 0.6) is 5.88 Å². The van der Waals surface area contributed by atoms with E-state index in [4.69, 9.17) is 24.2 Å². The number of alkyl carbamates (subject to hydrolysis) is 2. The molecule has 73 heavy (non-hydrogen) atoms. The predicted octanol–water partition coefficient (Wildman–Crippen LogP) is 9.28. The third kappa shape index (κ3) is 10.2. The number of amides is 4. The fraction of sp³-hybridized carbons (Fsp3) is 0.357. The van der Waals surface area contributed by atoms with Crippen molar-refractivity contribution in [2.75, 3.05) is 27.3 Å². The molecule has 3 fully saturated rings. The first-order valence-corrected chi connectivity index (χ1v) is 24.9. The Morgan fingerprint density at radius 1 is 0.616 bits per heavy atom. The van der Waals surface area contributed by atoms with Gasteiger partial charge in [-0.3, -0.25) is 9.59 Å². The minimum Gasteiger partial charge on any atom is -0.471 e. The molecule has 0 unspecified atom stereocenters. The molecule has 376 valence electrons. The highest BCUT2D eigenvalue weighted by atomic mass is 16.5. The van der Waals surface area contributed by atoms with Crippen molar-refractivity contribution in [3.05, 3.63) is 127 Å². The lowest BCUT2D eigenvalue weighted by Gasteiger charge is -2.30. The average molecular weight is 985 g/mol. The quantitative estimate of drug-likeness (QED) is 0.0807. The minimum atomic E-state index is -0.839. The Labute approximate surface area is 423 Å². The Hall–Kier alpha value is -8.08. The fourth-order valence-electron chi connectivity index (χ4n) is 10.3. The van der Waals surface area contributed by atoms with Gasteiger partial charge in [0, 0.05) is 24.1 Å². The van der Waals surface area contributed by atoms with E-state index in [1.807, 2.05) is 69.1 Å². The molecule has 4 N–H and O–H groups in total. The summed E-state index contributed by atoms with van der Waals surface area (Å²) in [6.07, 6.45) is 8.55. The lowest BCUT2D eigenvalue weighted by molar-refractivity contribution is -0.136. The van der Waals surface area contributed by atoms with Gasteiger partial charge in [-0.05, 0) is 76.1 Å². The van der Waals surface area contributed by atoms with Crippen LogP contribution < -0.4 is 15.4 Å². The molecular weight excluding hydrogens is 925 g/mol. The van der Waals surface area contributed by atoms with Gasteiger partial charge in [0.15, 0.2) is 0 Å². The third-order valence-corrected chi connectivity index (χ3v) is 14.6. The van der Waals surface area contributed by atoms with Crippen molar-refractivity contribution < 1.29 is 33.4 Å². The molecule has 0 bridgehead atoms. The first-order valence-electron chi connectivity index (χ1n) is 24.9. The summed E-state index contributed by atoms with van der Waals surface area (Å²) in [6.45, 7) is 8.47. The fourth-order valence-corrected chi connectivity index (χ4v) is 10.3. The molecule has 0 radical (unpaired) electrons. The highest BCUT2D eigenvalue weighted by Gasteiger charge is 2.55. The number of benzene rings is 4. The molecule has 17 nitrogen and oxygen atoms in total. The second kappa shape index (κ2) is 20.2. The summed E-state index contributed by atoms with van der Waals surface area (Å²) in [4.78, 5) is 82.2. The first kappa shape index (κ1) is 48.5. The molecule has 1 spiro atoms. The van der Waals surface area contributed by atoms with E-state index in [0.717, 1.165) is 80.8 Å².